The minimum Gasteiger partial charge on any atom is -0.388 e. The van der Waals surface area contributed by atoms with Crippen LogP contribution in [-0.4, -0.2) is 30.6 Å². The molecule has 0 fully saturated rings. The Morgan fingerprint density at radius 2 is 2.06 bits per heavy atom. The number of aliphatic hydroxyl groups is 1. The third-order valence-electron chi connectivity index (χ3n) is 3.03. The molecule has 0 aromatic heterocycles. The highest BCUT2D eigenvalue weighted by Crippen LogP contribution is 2.57. The number of rotatable bonds is 5. The zero-order chi connectivity index (χ0) is 13.0. The Balaban J connectivity index is 1.89. The number of hydrogen-bond acceptors (Lipinski definition) is 4. The Hall–Kier alpha value is -0.930. The minimum atomic E-state index is -2.89. The van der Waals surface area contributed by atoms with Gasteiger partial charge in [-0.25, -0.2) is 0 Å². The molecule has 0 saturated carbocycles. The van der Waals surface area contributed by atoms with Crippen LogP contribution in [0.2, 0.25) is 0 Å². The van der Waals surface area contributed by atoms with Crippen LogP contribution in [0.3, 0.4) is 0 Å². The predicted octanol–water partition coefficient (Wildman–Crippen LogP) is 2.38. The average Bonchev–Trinajstić information content (AvgIpc) is 2.69. The summed E-state index contributed by atoms with van der Waals surface area (Å²) < 4.78 is 22.7. The van der Waals surface area contributed by atoms with Crippen molar-refractivity contribution in [2.24, 2.45) is 0 Å². The fourth-order valence-corrected chi connectivity index (χ4v) is 3.80. The van der Waals surface area contributed by atoms with Gasteiger partial charge in [0.2, 0.25) is 7.37 Å². The maximum absolute atomic E-state index is 12.2. The van der Waals surface area contributed by atoms with Crippen LogP contribution in [-0.2, 0) is 20.4 Å². The Labute approximate surface area is 107 Å². The first kappa shape index (κ1) is 13.5. The molecule has 1 aromatic rings. The maximum Gasteiger partial charge on any atom is 0.232 e. The smallest absolute Gasteiger partial charge is 0.232 e. The lowest BCUT2D eigenvalue weighted by Gasteiger charge is -2.21. The van der Waals surface area contributed by atoms with Crippen molar-refractivity contribution in [1.82, 2.24) is 0 Å². The molecular weight excluding hydrogens is 251 g/mol. The van der Waals surface area contributed by atoms with Crippen LogP contribution in [0, 0.1) is 0 Å². The van der Waals surface area contributed by atoms with Crippen LogP contribution >= 0.6 is 7.37 Å². The van der Waals surface area contributed by atoms with Gasteiger partial charge in [0.1, 0.15) is 0 Å². The molecule has 1 heterocycles. The summed E-state index contributed by atoms with van der Waals surface area (Å²) in [5.74, 6) is 1.47. The van der Waals surface area contributed by atoms with Gasteiger partial charge in [0.05, 0.1) is 25.0 Å². The summed E-state index contributed by atoms with van der Waals surface area (Å²) in [4.78, 5) is 0. The summed E-state index contributed by atoms with van der Waals surface area (Å²) in [5, 5.41) is 9.73. The zero-order valence-electron chi connectivity index (χ0n) is 10.2. The van der Waals surface area contributed by atoms with Crippen molar-refractivity contribution in [2.75, 3.05) is 13.7 Å². The molecule has 1 N–H and O–H groups in total. The van der Waals surface area contributed by atoms with Gasteiger partial charge in [0.15, 0.2) is 0 Å². The Kier molecular flexibility index (Phi) is 4.36. The fourth-order valence-electron chi connectivity index (χ4n) is 1.93. The van der Waals surface area contributed by atoms with Crippen LogP contribution in [0.1, 0.15) is 5.56 Å². The molecule has 5 heteroatoms. The Morgan fingerprint density at radius 1 is 1.33 bits per heavy atom. The van der Waals surface area contributed by atoms with Crippen LogP contribution in [0.5, 0.6) is 0 Å². The number of hydrogen-bond donors (Lipinski definition) is 1. The highest BCUT2D eigenvalue weighted by molar-refractivity contribution is 7.63. The van der Waals surface area contributed by atoms with Crippen LogP contribution in [0.25, 0.3) is 0 Å². The second kappa shape index (κ2) is 5.81. The fraction of sp³-hybridized carbons (Fsp3) is 0.385. The van der Waals surface area contributed by atoms with Crippen molar-refractivity contribution in [2.45, 2.75) is 18.4 Å². The monoisotopic (exact) mass is 268 g/mol. The summed E-state index contributed by atoms with van der Waals surface area (Å²) in [6, 6.07) is 9.72. The van der Waals surface area contributed by atoms with E-state index in [0.717, 1.165) is 5.56 Å². The van der Waals surface area contributed by atoms with E-state index in [9.17, 15) is 9.67 Å². The van der Waals surface area contributed by atoms with Crippen molar-refractivity contribution >= 4 is 7.37 Å². The van der Waals surface area contributed by atoms with E-state index < -0.39 is 19.1 Å². The molecule has 0 radical (unpaired) electrons. The zero-order valence-corrected chi connectivity index (χ0v) is 11.1. The average molecular weight is 268 g/mol. The SMILES string of the molecule is CO[P@]1(=O)C=C[C@H](O)[C@H]1COCc1ccccc1. The van der Waals surface area contributed by atoms with Gasteiger partial charge in [-0.1, -0.05) is 30.3 Å². The minimum absolute atomic E-state index is 0.216. The van der Waals surface area contributed by atoms with E-state index in [2.05, 4.69) is 0 Å². The van der Waals surface area contributed by atoms with Gasteiger partial charge >= 0.3 is 0 Å². The summed E-state index contributed by atoms with van der Waals surface area (Å²) in [6.45, 7) is 0.655. The highest BCUT2D eigenvalue weighted by atomic mass is 31.2. The summed E-state index contributed by atoms with van der Waals surface area (Å²) in [7, 11) is -1.50. The van der Waals surface area contributed by atoms with Crippen molar-refractivity contribution in [3.63, 3.8) is 0 Å². The van der Waals surface area contributed by atoms with Gasteiger partial charge in [0, 0.05) is 7.11 Å². The standard InChI is InChI=1S/C13H17O4P/c1-16-18(15)8-7-12(14)13(18)10-17-9-11-5-3-2-4-6-11/h2-8,12-14H,9-10H2,1H3/t12-,13+,18+/m0/s1. The van der Waals surface area contributed by atoms with E-state index in [-0.39, 0.29) is 6.61 Å². The summed E-state index contributed by atoms with van der Waals surface area (Å²) >= 11 is 0. The lowest BCUT2D eigenvalue weighted by Crippen LogP contribution is -2.25. The maximum atomic E-state index is 12.2. The van der Waals surface area contributed by atoms with Crippen molar-refractivity contribution in [1.29, 1.82) is 0 Å². The highest BCUT2D eigenvalue weighted by Gasteiger charge is 2.40. The molecule has 0 amide bonds. The lowest BCUT2D eigenvalue weighted by molar-refractivity contribution is 0.0894. The number of benzene rings is 1. The molecule has 1 aliphatic rings. The normalized spacial score (nSPS) is 30.8. The number of aliphatic hydroxyl groups excluding tert-OH is 1. The van der Waals surface area contributed by atoms with Crippen molar-refractivity contribution < 1.29 is 18.9 Å². The molecule has 18 heavy (non-hydrogen) atoms. The molecule has 4 nitrogen and oxygen atoms in total. The first-order chi connectivity index (χ1) is 8.65. The van der Waals surface area contributed by atoms with Gasteiger partial charge in [-0.3, -0.25) is 4.57 Å². The lowest BCUT2D eigenvalue weighted by atomic mass is 10.2. The summed E-state index contributed by atoms with van der Waals surface area (Å²) in [6.07, 6.45) is 0.757. The molecule has 1 aromatic carbocycles. The van der Waals surface area contributed by atoms with E-state index >= 15 is 0 Å². The summed E-state index contributed by atoms with van der Waals surface area (Å²) in [5.41, 5.74) is 0.552. The van der Waals surface area contributed by atoms with Crippen molar-refractivity contribution in [3.8, 4) is 0 Å². The molecule has 0 bridgehead atoms. The second-order valence-electron chi connectivity index (χ2n) is 4.23. The molecule has 1 aliphatic heterocycles. The van der Waals surface area contributed by atoms with Gasteiger partial charge < -0.3 is 14.4 Å². The molecule has 0 unspecified atom stereocenters. The first-order valence-electron chi connectivity index (χ1n) is 5.80. The van der Waals surface area contributed by atoms with Gasteiger partial charge in [-0.2, -0.15) is 0 Å². The molecule has 98 valence electrons. The molecule has 0 spiro atoms. The van der Waals surface area contributed by atoms with Crippen LogP contribution in [0.15, 0.2) is 42.2 Å². The molecule has 2 rings (SSSR count). The topological polar surface area (TPSA) is 55.8 Å². The van der Waals surface area contributed by atoms with E-state index in [1.165, 1.54) is 19.0 Å². The third-order valence-corrected chi connectivity index (χ3v) is 5.57. The van der Waals surface area contributed by atoms with Crippen LogP contribution in [0.4, 0.5) is 0 Å². The molecule has 0 saturated heterocycles. The van der Waals surface area contributed by atoms with Crippen LogP contribution < -0.4 is 0 Å². The largest absolute Gasteiger partial charge is 0.388 e. The molecule has 3 atom stereocenters. The Morgan fingerprint density at radius 3 is 2.72 bits per heavy atom. The van der Waals surface area contributed by atoms with E-state index in [4.69, 9.17) is 9.26 Å². The Bertz CT molecular complexity index is 457. The van der Waals surface area contributed by atoms with E-state index in [0.29, 0.717) is 6.61 Å². The molecular formula is C13H17O4P. The van der Waals surface area contributed by atoms with Gasteiger partial charge in [0.25, 0.3) is 0 Å². The number of ether oxygens (including phenoxy) is 1. The van der Waals surface area contributed by atoms with Gasteiger partial charge in [-0.15, -0.1) is 0 Å². The van der Waals surface area contributed by atoms with Gasteiger partial charge in [-0.05, 0) is 17.5 Å². The van der Waals surface area contributed by atoms with Crippen molar-refractivity contribution in [3.05, 3.63) is 47.8 Å². The van der Waals surface area contributed by atoms with E-state index in [1.54, 1.807) is 0 Å². The second-order valence-corrected chi connectivity index (χ2v) is 6.85. The third kappa shape index (κ3) is 2.90. The quantitative estimate of drug-likeness (QED) is 0.833. The molecule has 0 aliphatic carbocycles. The first-order valence-corrected chi connectivity index (χ1v) is 7.56. The predicted molar refractivity (Wildman–Crippen MR) is 69.6 cm³/mol. The van der Waals surface area contributed by atoms with E-state index in [1.807, 2.05) is 30.3 Å².